The monoisotopic (exact) mass is 473 g/mol. The molecule has 2 rings (SSSR count). The number of amides is 2. The molecule has 0 aliphatic carbocycles. The maximum absolute atomic E-state index is 14.2. The number of alkyl halides is 3. The Morgan fingerprint density at radius 2 is 1.76 bits per heavy atom. The van der Waals surface area contributed by atoms with Crippen molar-refractivity contribution < 1.29 is 27.9 Å². The zero-order valence-electron chi connectivity index (χ0n) is 19.1. The van der Waals surface area contributed by atoms with E-state index in [1.54, 1.807) is 30.5 Å². The molecular weight excluding hydrogens is 447 g/mol. The van der Waals surface area contributed by atoms with Crippen LogP contribution in [0.4, 0.5) is 18.0 Å². The van der Waals surface area contributed by atoms with Crippen molar-refractivity contribution in [3.05, 3.63) is 65.7 Å². The van der Waals surface area contributed by atoms with Crippen LogP contribution in [0.25, 0.3) is 17.2 Å². The van der Waals surface area contributed by atoms with E-state index < -0.39 is 24.2 Å². The van der Waals surface area contributed by atoms with E-state index in [0.717, 1.165) is 13.1 Å². The van der Waals surface area contributed by atoms with E-state index >= 15 is 0 Å². The molecule has 0 bridgehead atoms. The molecule has 2 amide bonds. The summed E-state index contributed by atoms with van der Waals surface area (Å²) < 4.78 is 42.6. The Morgan fingerprint density at radius 3 is 2.29 bits per heavy atom. The number of carboxylic acids is 1. The van der Waals surface area contributed by atoms with Crippen LogP contribution in [0.5, 0.6) is 0 Å². The number of carboxylic acid groups (broad SMARTS) is 1. The molecule has 0 fully saturated rings. The first-order valence-corrected chi connectivity index (χ1v) is 10.6. The van der Waals surface area contributed by atoms with E-state index in [-0.39, 0.29) is 18.0 Å². The molecule has 0 aliphatic rings. The lowest BCUT2D eigenvalue weighted by Gasteiger charge is -2.35. The van der Waals surface area contributed by atoms with E-state index in [1.807, 2.05) is 13.8 Å². The molecule has 0 radical (unpaired) electrons. The summed E-state index contributed by atoms with van der Waals surface area (Å²) >= 11 is 0. The summed E-state index contributed by atoms with van der Waals surface area (Å²) in [7, 11) is 1.13. The minimum absolute atomic E-state index is 0.0569. The Morgan fingerprint density at radius 1 is 1.12 bits per heavy atom. The zero-order chi connectivity index (χ0) is 25.5. The topological polar surface area (TPSA) is 84.6 Å². The molecule has 1 atom stereocenters. The molecule has 2 aromatic rings. The fourth-order valence-corrected chi connectivity index (χ4v) is 3.36. The molecule has 0 saturated heterocycles. The quantitative estimate of drug-likeness (QED) is 0.292. The first-order valence-electron chi connectivity index (χ1n) is 10.6. The summed E-state index contributed by atoms with van der Waals surface area (Å²) in [6.45, 7) is 3.52. The van der Waals surface area contributed by atoms with Crippen LogP contribution in [0, 0.1) is 17.4 Å². The van der Waals surface area contributed by atoms with Gasteiger partial charge in [0.15, 0.2) is 12.2 Å². The van der Waals surface area contributed by atoms with Crippen LogP contribution in [0.2, 0.25) is 0 Å². The van der Waals surface area contributed by atoms with Gasteiger partial charge in [0.2, 0.25) is 0 Å². The van der Waals surface area contributed by atoms with Crippen molar-refractivity contribution in [2.75, 3.05) is 13.6 Å². The van der Waals surface area contributed by atoms with Crippen LogP contribution in [-0.4, -0.2) is 46.7 Å². The minimum Gasteiger partial charge on any atom is -0.478 e. The van der Waals surface area contributed by atoms with Crippen LogP contribution in [-0.2, 0) is 4.79 Å². The highest BCUT2D eigenvalue weighted by atomic mass is 19.4. The Labute approximate surface area is 196 Å². The number of nitriles is 1. The molecular formula is C25H26F3N3O3. The second kappa shape index (κ2) is 11.4. The summed E-state index contributed by atoms with van der Waals surface area (Å²) in [5.41, 5.74) is 1.83. The van der Waals surface area contributed by atoms with E-state index in [0.29, 0.717) is 32.9 Å². The van der Waals surface area contributed by atoms with Gasteiger partial charge in [0.25, 0.3) is 0 Å². The second-order valence-corrected chi connectivity index (χ2v) is 8.18. The van der Waals surface area contributed by atoms with Crippen LogP contribution >= 0.6 is 0 Å². The molecule has 1 unspecified atom stereocenters. The van der Waals surface area contributed by atoms with Crippen molar-refractivity contribution in [1.29, 1.82) is 5.26 Å². The number of urea groups is 1. The van der Waals surface area contributed by atoms with Gasteiger partial charge in [-0.2, -0.15) is 18.4 Å². The number of rotatable bonds is 8. The van der Waals surface area contributed by atoms with E-state index in [1.165, 1.54) is 30.3 Å². The maximum Gasteiger partial charge on any atom is 0.413 e. The van der Waals surface area contributed by atoms with Crippen LogP contribution in [0.1, 0.15) is 37.4 Å². The van der Waals surface area contributed by atoms with Crippen molar-refractivity contribution >= 4 is 18.1 Å². The summed E-state index contributed by atoms with van der Waals surface area (Å²) in [5, 5.41) is 17.8. The number of carbonyl (C=O) groups excluding carboxylic acids is 1. The molecule has 0 aliphatic heterocycles. The molecule has 34 heavy (non-hydrogen) atoms. The first-order chi connectivity index (χ1) is 15.9. The third kappa shape index (κ3) is 7.10. The third-order valence-corrected chi connectivity index (χ3v) is 5.12. The zero-order valence-corrected chi connectivity index (χ0v) is 19.1. The molecule has 2 aromatic carbocycles. The van der Waals surface area contributed by atoms with Gasteiger partial charge < -0.3 is 10.0 Å². The highest BCUT2D eigenvalue weighted by Crippen LogP contribution is 2.39. The lowest BCUT2D eigenvalue weighted by Crippen LogP contribution is -2.47. The van der Waals surface area contributed by atoms with Crippen molar-refractivity contribution in [2.24, 2.45) is 5.92 Å². The van der Waals surface area contributed by atoms with Gasteiger partial charge in [-0.3, -0.25) is 0 Å². The Bertz CT molecular complexity index is 1070. The largest absolute Gasteiger partial charge is 0.478 e. The van der Waals surface area contributed by atoms with E-state index in [9.17, 15) is 22.8 Å². The number of hydrogen-bond acceptors (Lipinski definition) is 3. The third-order valence-electron chi connectivity index (χ3n) is 5.12. The van der Waals surface area contributed by atoms with Crippen LogP contribution in [0.3, 0.4) is 0 Å². The van der Waals surface area contributed by atoms with Crippen molar-refractivity contribution in [3.63, 3.8) is 0 Å². The van der Waals surface area contributed by atoms with Gasteiger partial charge in [-0.25, -0.2) is 14.5 Å². The van der Waals surface area contributed by atoms with Gasteiger partial charge in [-0.05, 0) is 46.7 Å². The van der Waals surface area contributed by atoms with Gasteiger partial charge in [0.05, 0.1) is 0 Å². The molecule has 180 valence electrons. The standard InChI is InChI=1S/C25H26F3N3O3/c1-17(2)13-14-31(24(34)30(3)16-29)23(25(26,27)28)20-10-8-19(9-11-20)21-6-4-5-18(15-21)7-12-22(32)33/h4-12,15,17,23H,13-14H2,1-3H3,(H,32,33). The predicted octanol–water partition coefficient (Wildman–Crippen LogP) is 5.94. The van der Waals surface area contributed by atoms with Crippen LogP contribution in [0.15, 0.2) is 54.6 Å². The fourth-order valence-electron chi connectivity index (χ4n) is 3.36. The van der Waals surface area contributed by atoms with Gasteiger partial charge in [-0.15, -0.1) is 0 Å². The Balaban J connectivity index is 2.44. The van der Waals surface area contributed by atoms with Crippen LogP contribution < -0.4 is 0 Å². The molecule has 9 heteroatoms. The molecule has 0 aromatic heterocycles. The lowest BCUT2D eigenvalue weighted by molar-refractivity contribution is -0.179. The lowest BCUT2D eigenvalue weighted by atomic mass is 9.98. The highest BCUT2D eigenvalue weighted by Gasteiger charge is 2.47. The predicted molar refractivity (Wildman–Crippen MR) is 122 cm³/mol. The number of carbonyl (C=O) groups is 2. The SMILES string of the molecule is CC(C)CCN(C(=O)N(C)C#N)C(c1ccc(-c2cccc(C=CC(=O)O)c2)cc1)C(F)(F)F. The number of aliphatic carboxylic acids is 1. The van der Waals surface area contributed by atoms with Crippen molar-refractivity contribution in [2.45, 2.75) is 32.5 Å². The smallest absolute Gasteiger partial charge is 0.413 e. The number of benzene rings is 2. The summed E-state index contributed by atoms with van der Waals surface area (Å²) in [6.07, 6.45) is -0.424. The summed E-state index contributed by atoms with van der Waals surface area (Å²) in [4.78, 5) is 24.7. The average Bonchev–Trinajstić information content (AvgIpc) is 2.78. The Kier molecular flexibility index (Phi) is 8.84. The highest BCUT2D eigenvalue weighted by molar-refractivity contribution is 5.85. The van der Waals surface area contributed by atoms with Crippen molar-refractivity contribution in [3.8, 4) is 17.3 Å². The van der Waals surface area contributed by atoms with E-state index in [2.05, 4.69) is 0 Å². The normalized spacial score (nSPS) is 12.4. The molecule has 6 nitrogen and oxygen atoms in total. The van der Waals surface area contributed by atoms with E-state index in [4.69, 9.17) is 10.4 Å². The number of nitrogens with zero attached hydrogens (tertiary/aromatic N) is 3. The first kappa shape index (κ1) is 26.5. The molecule has 0 heterocycles. The Hall–Kier alpha value is -3.80. The summed E-state index contributed by atoms with van der Waals surface area (Å²) in [5.74, 6) is -1.03. The minimum atomic E-state index is -4.76. The van der Waals surface area contributed by atoms with Gasteiger partial charge in [-0.1, -0.05) is 56.3 Å². The molecule has 0 saturated carbocycles. The van der Waals surface area contributed by atoms with Crippen molar-refractivity contribution in [1.82, 2.24) is 9.80 Å². The fraction of sp³-hybridized carbons (Fsp3) is 0.320. The van der Waals surface area contributed by atoms with Gasteiger partial charge >= 0.3 is 18.2 Å². The maximum atomic E-state index is 14.2. The molecule has 0 spiro atoms. The van der Waals surface area contributed by atoms with Gasteiger partial charge in [0, 0.05) is 19.7 Å². The summed E-state index contributed by atoms with van der Waals surface area (Å²) in [6, 6.07) is 9.34. The second-order valence-electron chi connectivity index (χ2n) is 8.18. The molecule has 1 N–H and O–H groups in total. The number of halogens is 3. The number of hydrogen-bond donors (Lipinski definition) is 1. The average molecular weight is 473 g/mol. The van der Waals surface area contributed by atoms with Gasteiger partial charge in [0.1, 0.15) is 0 Å².